The molecule has 1 aliphatic heterocycles. The number of rotatable bonds is 6. The summed E-state index contributed by atoms with van der Waals surface area (Å²) in [6.07, 6.45) is 2.15. The molecule has 0 unspecified atom stereocenters. The van der Waals surface area contributed by atoms with Crippen LogP contribution in [0.4, 0.5) is 0 Å². The summed E-state index contributed by atoms with van der Waals surface area (Å²) in [6.45, 7) is 8.37. The lowest BCUT2D eigenvalue weighted by molar-refractivity contribution is -0.130. The van der Waals surface area contributed by atoms with Gasteiger partial charge in [0.15, 0.2) is 0 Å². The summed E-state index contributed by atoms with van der Waals surface area (Å²) in [4.78, 5) is 18.0. The van der Waals surface area contributed by atoms with E-state index in [1.165, 1.54) is 4.88 Å². The minimum absolute atomic E-state index is 0.247. The first-order valence-electron chi connectivity index (χ1n) is 7.53. The van der Waals surface area contributed by atoms with Crippen LogP contribution in [-0.4, -0.2) is 55.0 Å². The predicted molar refractivity (Wildman–Crippen MR) is 84.0 cm³/mol. The van der Waals surface area contributed by atoms with E-state index in [4.69, 9.17) is 0 Å². The van der Waals surface area contributed by atoms with Crippen molar-refractivity contribution >= 4 is 17.2 Å². The number of hydrogen-bond donors (Lipinski definition) is 1. The summed E-state index contributed by atoms with van der Waals surface area (Å²) < 4.78 is 0. The minimum atomic E-state index is 0.247. The van der Waals surface area contributed by atoms with Crippen molar-refractivity contribution in [1.29, 1.82) is 0 Å². The quantitative estimate of drug-likeness (QED) is 0.813. The van der Waals surface area contributed by atoms with Crippen LogP contribution in [0.25, 0.3) is 0 Å². The maximum atomic E-state index is 12.1. The second-order valence-electron chi connectivity index (χ2n) is 5.27. The van der Waals surface area contributed by atoms with E-state index in [0.29, 0.717) is 6.54 Å². The van der Waals surface area contributed by atoms with Gasteiger partial charge in [-0.2, -0.15) is 0 Å². The van der Waals surface area contributed by atoms with Crippen molar-refractivity contribution in [1.82, 2.24) is 15.1 Å². The lowest BCUT2D eigenvalue weighted by atomic mass is 10.3. The van der Waals surface area contributed by atoms with Crippen LogP contribution in [0, 0.1) is 0 Å². The molecule has 20 heavy (non-hydrogen) atoms. The van der Waals surface area contributed by atoms with Crippen LogP contribution in [0.5, 0.6) is 0 Å². The van der Waals surface area contributed by atoms with E-state index in [9.17, 15) is 4.79 Å². The van der Waals surface area contributed by atoms with Crippen molar-refractivity contribution in [3.8, 4) is 0 Å². The smallest absolute Gasteiger partial charge is 0.236 e. The van der Waals surface area contributed by atoms with Gasteiger partial charge in [0, 0.05) is 37.6 Å². The number of thiophene rings is 1. The Morgan fingerprint density at radius 1 is 1.35 bits per heavy atom. The van der Waals surface area contributed by atoms with Crippen LogP contribution in [-0.2, 0) is 11.3 Å². The fraction of sp³-hybridized carbons (Fsp3) is 0.667. The Balaban J connectivity index is 1.75. The van der Waals surface area contributed by atoms with Crippen molar-refractivity contribution in [2.24, 2.45) is 0 Å². The maximum absolute atomic E-state index is 12.1. The molecule has 1 N–H and O–H groups in total. The zero-order chi connectivity index (χ0) is 14.2. The summed E-state index contributed by atoms with van der Waals surface area (Å²) in [5.41, 5.74) is 0. The first-order valence-corrected chi connectivity index (χ1v) is 8.41. The Morgan fingerprint density at radius 3 is 3.00 bits per heavy atom. The maximum Gasteiger partial charge on any atom is 0.236 e. The van der Waals surface area contributed by atoms with E-state index in [1.807, 2.05) is 16.2 Å². The van der Waals surface area contributed by atoms with Gasteiger partial charge < -0.3 is 10.2 Å². The Labute approximate surface area is 125 Å². The molecule has 2 rings (SSSR count). The van der Waals surface area contributed by atoms with Crippen LogP contribution in [0.2, 0.25) is 0 Å². The first kappa shape index (κ1) is 15.5. The second-order valence-corrected chi connectivity index (χ2v) is 6.30. The number of hydrogen-bond acceptors (Lipinski definition) is 4. The molecule has 1 amide bonds. The van der Waals surface area contributed by atoms with Gasteiger partial charge in [0.25, 0.3) is 0 Å². The number of amides is 1. The van der Waals surface area contributed by atoms with Crippen LogP contribution < -0.4 is 5.32 Å². The molecule has 0 aliphatic carbocycles. The van der Waals surface area contributed by atoms with Crippen LogP contribution >= 0.6 is 11.3 Å². The van der Waals surface area contributed by atoms with E-state index >= 15 is 0 Å². The van der Waals surface area contributed by atoms with E-state index in [0.717, 1.165) is 52.1 Å². The molecule has 0 saturated carbocycles. The molecule has 0 aromatic carbocycles. The Bertz CT molecular complexity index is 394. The average molecular weight is 295 g/mol. The van der Waals surface area contributed by atoms with Crippen molar-refractivity contribution in [2.75, 3.05) is 39.3 Å². The third kappa shape index (κ3) is 4.89. The molecular weight excluding hydrogens is 270 g/mol. The van der Waals surface area contributed by atoms with Gasteiger partial charge in [-0.25, -0.2) is 0 Å². The normalized spacial score (nSPS) is 17.1. The third-order valence-corrected chi connectivity index (χ3v) is 4.46. The molecule has 0 spiro atoms. The zero-order valence-electron chi connectivity index (χ0n) is 12.3. The molecule has 1 saturated heterocycles. The van der Waals surface area contributed by atoms with Gasteiger partial charge in [0.05, 0.1) is 6.54 Å². The molecule has 112 valence electrons. The topological polar surface area (TPSA) is 35.6 Å². The molecular formula is C15H25N3OS. The lowest BCUT2D eigenvalue weighted by Crippen LogP contribution is -2.40. The molecule has 4 nitrogen and oxygen atoms in total. The van der Waals surface area contributed by atoms with E-state index in [-0.39, 0.29) is 5.91 Å². The van der Waals surface area contributed by atoms with E-state index in [1.54, 1.807) is 0 Å². The standard InChI is InChI=1S/C15H25N3OS/c1-2-6-16-12-15(19)18-8-4-7-17(9-10-18)13-14-5-3-11-20-14/h3,5,11,16H,2,4,6-10,12-13H2,1H3. The number of carbonyl (C=O) groups excluding carboxylic acids is 1. The van der Waals surface area contributed by atoms with Gasteiger partial charge in [-0.1, -0.05) is 13.0 Å². The molecule has 2 heterocycles. The molecule has 0 bridgehead atoms. The minimum Gasteiger partial charge on any atom is -0.340 e. The Morgan fingerprint density at radius 2 is 2.25 bits per heavy atom. The van der Waals surface area contributed by atoms with Gasteiger partial charge >= 0.3 is 0 Å². The van der Waals surface area contributed by atoms with Gasteiger partial charge in [0.2, 0.25) is 5.91 Å². The monoisotopic (exact) mass is 295 g/mol. The molecule has 1 aromatic heterocycles. The van der Waals surface area contributed by atoms with Gasteiger partial charge in [0.1, 0.15) is 0 Å². The van der Waals surface area contributed by atoms with Crippen LogP contribution in [0.3, 0.4) is 0 Å². The predicted octanol–water partition coefficient (Wildman–Crippen LogP) is 1.78. The van der Waals surface area contributed by atoms with E-state index < -0.39 is 0 Å². The number of nitrogens with zero attached hydrogens (tertiary/aromatic N) is 2. The summed E-state index contributed by atoms with van der Waals surface area (Å²) in [7, 11) is 0. The lowest BCUT2D eigenvalue weighted by Gasteiger charge is -2.22. The fourth-order valence-electron chi connectivity index (χ4n) is 2.49. The largest absolute Gasteiger partial charge is 0.340 e. The SMILES string of the molecule is CCCNCC(=O)N1CCCN(Cc2cccs2)CC1. The highest BCUT2D eigenvalue weighted by Gasteiger charge is 2.18. The molecule has 0 atom stereocenters. The van der Waals surface area contributed by atoms with Crippen molar-refractivity contribution in [2.45, 2.75) is 26.3 Å². The Kier molecular flexibility index (Phi) is 6.50. The van der Waals surface area contributed by atoms with Gasteiger partial charge in [-0.15, -0.1) is 11.3 Å². The molecule has 1 fully saturated rings. The summed E-state index contributed by atoms with van der Waals surface area (Å²) in [5, 5.41) is 5.32. The highest BCUT2D eigenvalue weighted by atomic mass is 32.1. The van der Waals surface area contributed by atoms with Crippen molar-refractivity contribution in [3.05, 3.63) is 22.4 Å². The third-order valence-electron chi connectivity index (χ3n) is 3.60. The summed E-state index contributed by atoms with van der Waals surface area (Å²) >= 11 is 1.81. The van der Waals surface area contributed by atoms with Crippen molar-refractivity contribution < 1.29 is 4.79 Å². The zero-order valence-corrected chi connectivity index (χ0v) is 13.1. The van der Waals surface area contributed by atoms with Gasteiger partial charge in [-0.05, 0) is 30.8 Å². The van der Waals surface area contributed by atoms with Crippen LogP contribution in [0.1, 0.15) is 24.6 Å². The molecule has 1 aliphatic rings. The van der Waals surface area contributed by atoms with Gasteiger partial charge in [-0.3, -0.25) is 9.69 Å². The summed E-state index contributed by atoms with van der Waals surface area (Å²) in [5.74, 6) is 0.247. The first-order chi connectivity index (χ1) is 9.79. The molecule has 1 aromatic rings. The molecule has 0 radical (unpaired) electrons. The fourth-order valence-corrected chi connectivity index (χ4v) is 3.23. The molecule has 5 heteroatoms. The second kappa shape index (κ2) is 8.39. The highest BCUT2D eigenvalue weighted by molar-refractivity contribution is 7.09. The average Bonchev–Trinajstić information content (AvgIpc) is 2.84. The summed E-state index contributed by atoms with van der Waals surface area (Å²) in [6, 6.07) is 4.29. The highest BCUT2D eigenvalue weighted by Crippen LogP contribution is 2.13. The van der Waals surface area contributed by atoms with E-state index in [2.05, 4.69) is 34.7 Å². The van der Waals surface area contributed by atoms with Crippen LogP contribution in [0.15, 0.2) is 17.5 Å². The van der Waals surface area contributed by atoms with Crippen molar-refractivity contribution in [3.63, 3.8) is 0 Å². The number of nitrogens with one attached hydrogen (secondary N) is 1. The number of carbonyl (C=O) groups is 1. The Hall–Kier alpha value is -0.910.